The largest absolute Gasteiger partial charge is 0.443 e. The fourth-order valence-electron chi connectivity index (χ4n) is 3.15. The smallest absolute Gasteiger partial charge is 0.276 e. The van der Waals surface area contributed by atoms with Crippen molar-refractivity contribution in [2.45, 2.75) is 44.6 Å². The number of likely N-dealkylation sites (tertiary alicyclic amines) is 1. The summed E-state index contributed by atoms with van der Waals surface area (Å²) in [6, 6.07) is 3.89. The van der Waals surface area contributed by atoms with Crippen molar-refractivity contribution in [1.29, 1.82) is 0 Å². The molecule has 3 rings (SSSR count). The molecule has 1 aromatic carbocycles. The van der Waals surface area contributed by atoms with Crippen LogP contribution in [0.1, 0.15) is 54.9 Å². The van der Waals surface area contributed by atoms with Gasteiger partial charge in [0, 0.05) is 13.1 Å². The van der Waals surface area contributed by atoms with Gasteiger partial charge in [0.2, 0.25) is 15.9 Å². The van der Waals surface area contributed by atoms with Gasteiger partial charge in [-0.3, -0.25) is 4.79 Å². The van der Waals surface area contributed by atoms with Crippen LogP contribution in [0.5, 0.6) is 0 Å². The number of hydrogen-bond donors (Lipinski definition) is 1. The van der Waals surface area contributed by atoms with Crippen LogP contribution in [0.25, 0.3) is 0 Å². The van der Waals surface area contributed by atoms with E-state index in [2.05, 4.69) is 16.6 Å². The molecule has 152 valence electrons. The standard InChI is InChI=1S/C19H24FN3O4S/c1-12-7-9-23(10-8-12)19(24)17-14(3)27-18(21-17)13(2)22-28(25,26)16-6-4-5-15(20)11-16/h4-6,11-13,22H,7-10H2,1-3H3/t13-/m1/s1. The molecule has 0 spiro atoms. The van der Waals surface area contributed by atoms with E-state index in [9.17, 15) is 17.6 Å². The first-order chi connectivity index (χ1) is 13.2. The number of hydrogen-bond acceptors (Lipinski definition) is 5. The number of aryl methyl sites for hydroxylation is 1. The Labute approximate surface area is 164 Å². The first kappa shape index (κ1) is 20.5. The maximum Gasteiger partial charge on any atom is 0.276 e. The van der Waals surface area contributed by atoms with Gasteiger partial charge >= 0.3 is 0 Å². The molecule has 1 saturated heterocycles. The monoisotopic (exact) mass is 409 g/mol. The molecule has 0 radical (unpaired) electrons. The van der Waals surface area contributed by atoms with Crippen LogP contribution in [0.2, 0.25) is 0 Å². The molecular formula is C19H24FN3O4S. The van der Waals surface area contributed by atoms with E-state index in [-0.39, 0.29) is 22.4 Å². The van der Waals surface area contributed by atoms with Gasteiger partial charge in [-0.1, -0.05) is 13.0 Å². The van der Waals surface area contributed by atoms with Crippen LogP contribution < -0.4 is 4.72 Å². The number of carbonyl (C=O) groups is 1. The quantitative estimate of drug-likeness (QED) is 0.819. The number of amides is 1. The highest BCUT2D eigenvalue weighted by Gasteiger charge is 2.28. The van der Waals surface area contributed by atoms with E-state index in [1.807, 2.05) is 0 Å². The number of oxazole rings is 1. The molecule has 0 bridgehead atoms. The van der Waals surface area contributed by atoms with Crippen molar-refractivity contribution < 1.29 is 22.0 Å². The fraction of sp³-hybridized carbons (Fsp3) is 0.474. The predicted octanol–water partition coefficient (Wildman–Crippen LogP) is 3.03. The Bertz CT molecular complexity index is 965. The average molecular weight is 409 g/mol. The summed E-state index contributed by atoms with van der Waals surface area (Å²) >= 11 is 0. The third-order valence-electron chi connectivity index (χ3n) is 4.90. The summed E-state index contributed by atoms with van der Waals surface area (Å²) in [6.07, 6.45) is 1.89. The summed E-state index contributed by atoms with van der Waals surface area (Å²) in [5.74, 6) is 0.169. The fourth-order valence-corrected chi connectivity index (χ4v) is 4.38. The van der Waals surface area contributed by atoms with Gasteiger partial charge < -0.3 is 9.32 Å². The van der Waals surface area contributed by atoms with Gasteiger partial charge in [-0.25, -0.2) is 17.8 Å². The minimum atomic E-state index is -3.97. The molecule has 1 amide bonds. The normalized spacial score (nSPS) is 16.9. The van der Waals surface area contributed by atoms with E-state index in [1.54, 1.807) is 18.7 Å². The van der Waals surface area contributed by atoms with E-state index in [1.165, 1.54) is 18.2 Å². The molecule has 28 heavy (non-hydrogen) atoms. The predicted molar refractivity (Wildman–Crippen MR) is 101 cm³/mol. The maximum atomic E-state index is 13.3. The zero-order valence-electron chi connectivity index (χ0n) is 16.1. The van der Waals surface area contributed by atoms with Gasteiger partial charge in [0.15, 0.2) is 5.69 Å². The van der Waals surface area contributed by atoms with Crippen LogP contribution in [0.15, 0.2) is 33.6 Å². The van der Waals surface area contributed by atoms with Crippen molar-refractivity contribution in [3.8, 4) is 0 Å². The summed E-state index contributed by atoms with van der Waals surface area (Å²) < 4.78 is 46.2. The molecule has 1 aliphatic heterocycles. The van der Waals surface area contributed by atoms with Crippen molar-refractivity contribution in [1.82, 2.24) is 14.6 Å². The lowest BCUT2D eigenvalue weighted by Gasteiger charge is -2.29. The lowest BCUT2D eigenvalue weighted by atomic mass is 9.99. The van der Waals surface area contributed by atoms with Crippen LogP contribution in [0.4, 0.5) is 4.39 Å². The van der Waals surface area contributed by atoms with Gasteiger partial charge in [-0.2, -0.15) is 4.72 Å². The van der Waals surface area contributed by atoms with Crippen molar-refractivity contribution in [3.05, 3.63) is 47.4 Å². The highest BCUT2D eigenvalue weighted by molar-refractivity contribution is 7.89. The molecule has 0 unspecified atom stereocenters. The molecule has 1 atom stereocenters. The highest BCUT2D eigenvalue weighted by atomic mass is 32.2. The van der Waals surface area contributed by atoms with Gasteiger partial charge in [-0.15, -0.1) is 0 Å². The lowest BCUT2D eigenvalue weighted by molar-refractivity contribution is 0.0690. The van der Waals surface area contributed by atoms with E-state index in [0.717, 1.165) is 18.9 Å². The SMILES string of the molecule is Cc1oc([C@@H](C)NS(=O)(=O)c2cccc(F)c2)nc1C(=O)N1CCC(C)CC1. The molecule has 9 heteroatoms. The minimum absolute atomic E-state index is 0.0891. The molecule has 2 aromatic rings. The third-order valence-corrected chi connectivity index (χ3v) is 6.43. The summed E-state index contributed by atoms with van der Waals surface area (Å²) in [6.45, 7) is 6.68. The molecule has 1 N–H and O–H groups in total. The second kappa shape index (κ2) is 8.00. The van der Waals surface area contributed by atoms with Crippen molar-refractivity contribution in [2.24, 2.45) is 5.92 Å². The van der Waals surface area contributed by atoms with E-state index in [4.69, 9.17) is 4.42 Å². The van der Waals surface area contributed by atoms with Gasteiger partial charge in [0.05, 0.1) is 10.9 Å². The first-order valence-electron chi connectivity index (χ1n) is 9.22. The number of benzene rings is 1. The Morgan fingerprint density at radius 1 is 1.36 bits per heavy atom. The number of aromatic nitrogens is 1. The summed E-state index contributed by atoms with van der Waals surface area (Å²) in [5.41, 5.74) is 0.196. The Balaban J connectivity index is 1.75. The van der Waals surface area contributed by atoms with Crippen molar-refractivity contribution in [3.63, 3.8) is 0 Å². The molecule has 1 fully saturated rings. The minimum Gasteiger partial charge on any atom is -0.443 e. The van der Waals surface area contributed by atoms with Crippen molar-refractivity contribution in [2.75, 3.05) is 13.1 Å². The number of carbonyl (C=O) groups excluding carboxylic acids is 1. The Hall–Kier alpha value is -2.26. The number of rotatable bonds is 5. The number of nitrogens with zero attached hydrogens (tertiary/aromatic N) is 2. The van der Waals surface area contributed by atoms with Crippen molar-refractivity contribution >= 4 is 15.9 Å². The zero-order valence-corrected chi connectivity index (χ0v) is 16.9. The van der Waals surface area contributed by atoms with Crippen LogP contribution >= 0.6 is 0 Å². The van der Waals surface area contributed by atoms with Gasteiger partial charge in [0.1, 0.15) is 11.6 Å². The molecule has 0 aliphatic carbocycles. The third kappa shape index (κ3) is 4.41. The summed E-state index contributed by atoms with van der Waals surface area (Å²) in [5, 5.41) is 0. The van der Waals surface area contributed by atoms with Crippen LogP contribution in [0, 0.1) is 18.7 Å². The number of piperidine rings is 1. The van der Waals surface area contributed by atoms with Crippen LogP contribution in [-0.4, -0.2) is 37.3 Å². The highest BCUT2D eigenvalue weighted by Crippen LogP contribution is 2.23. The second-order valence-corrected chi connectivity index (χ2v) is 8.95. The van der Waals surface area contributed by atoms with E-state index < -0.39 is 21.9 Å². The van der Waals surface area contributed by atoms with Crippen LogP contribution in [-0.2, 0) is 10.0 Å². The second-order valence-electron chi connectivity index (χ2n) is 7.23. The first-order valence-corrected chi connectivity index (χ1v) is 10.7. The molecule has 0 saturated carbocycles. The topological polar surface area (TPSA) is 92.5 Å². The van der Waals surface area contributed by atoms with E-state index in [0.29, 0.717) is 24.8 Å². The molecular weight excluding hydrogens is 385 g/mol. The Morgan fingerprint density at radius 2 is 2.04 bits per heavy atom. The number of halogens is 1. The number of nitrogens with one attached hydrogen (secondary N) is 1. The van der Waals surface area contributed by atoms with E-state index >= 15 is 0 Å². The van der Waals surface area contributed by atoms with Gasteiger partial charge in [0.25, 0.3) is 5.91 Å². The average Bonchev–Trinajstić information content (AvgIpc) is 3.03. The molecule has 1 aliphatic rings. The zero-order chi connectivity index (χ0) is 20.5. The Morgan fingerprint density at radius 3 is 2.68 bits per heavy atom. The maximum absolute atomic E-state index is 13.3. The van der Waals surface area contributed by atoms with Crippen LogP contribution in [0.3, 0.4) is 0 Å². The summed E-state index contributed by atoms with van der Waals surface area (Å²) in [7, 11) is -3.97. The molecule has 2 heterocycles. The molecule has 7 nitrogen and oxygen atoms in total. The number of sulfonamides is 1. The Kier molecular flexibility index (Phi) is 5.85. The van der Waals surface area contributed by atoms with Gasteiger partial charge in [-0.05, 0) is 50.8 Å². The molecule has 1 aromatic heterocycles. The lowest BCUT2D eigenvalue weighted by Crippen LogP contribution is -2.38. The summed E-state index contributed by atoms with van der Waals surface area (Å²) in [4.78, 5) is 18.5.